The summed E-state index contributed by atoms with van der Waals surface area (Å²) in [6.45, 7) is 2.40. The van der Waals surface area contributed by atoms with Crippen LogP contribution in [0, 0.1) is 0 Å². The third-order valence-corrected chi connectivity index (χ3v) is 2.73. The topological polar surface area (TPSA) is 35.5 Å². The molecule has 0 saturated carbocycles. The summed E-state index contributed by atoms with van der Waals surface area (Å²) in [5, 5.41) is 0. The molecular formula is C13H16O3. The summed E-state index contributed by atoms with van der Waals surface area (Å²) in [6, 6.07) is 9.02. The molecule has 0 aliphatic carbocycles. The van der Waals surface area contributed by atoms with Crippen LogP contribution >= 0.6 is 0 Å². The Morgan fingerprint density at radius 1 is 1.38 bits per heavy atom. The number of benzene rings is 1. The lowest BCUT2D eigenvalue weighted by Crippen LogP contribution is -2.19. The Hall–Kier alpha value is -1.35. The van der Waals surface area contributed by atoms with E-state index in [2.05, 4.69) is 0 Å². The summed E-state index contributed by atoms with van der Waals surface area (Å²) >= 11 is 0. The van der Waals surface area contributed by atoms with E-state index in [1.165, 1.54) is 0 Å². The Kier molecular flexibility index (Phi) is 3.57. The monoisotopic (exact) mass is 220 g/mol. The lowest BCUT2D eigenvalue weighted by atomic mass is 10.2. The highest BCUT2D eigenvalue weighted by Crippen LogP contribution is 2.19. The van der Waals surface area contributed by atoms with E-state index >= 15 is 0 Å². The molecular weight excluding hydrogens is 204 g/mol. The Balaban J connectivity index is 1.80. The standard InChI is InChI=1S/C13H16O3/c1-10-7-8-12(16-10)9-15-13(14)11-5-3-2-4-6-11/h2-6,10,12H,7-9H2,1H3/t10?,12-/m0/s1. The van der Waals surface area contributed by atoms with Crippen molar-refractivity contribution in [2.75, 3.05) is 6.61 Å². The van der Waals surface area contributed by atoms with Gasteiger partial charge in [-0.05, 0) is 31.9 Å². The molecule has 16 heavy (non-hydrogen) atoms. The average molecular weight is 220 g/mol. The third kappa shape index (κ3) is 2.83. The van der Waals surface area contributed by atoms with Gasteiger partial charge in [-0.25, -0.2) is 4.79 Å². The molecule has 2 atom stereocenters. The molecule has 1 unspecified atom stereocenters. The van der Waals surface area contributed by atoms with Crippen molar-refractivity contribution in [2.45, 2.75) is 32.0 Å². The summed E-state index contributed by atoms with van der Waals surface area (Å²) in [6.07, 6.45) is 2.39. The molecule has 0 spiro atoms. The van der Waals surface area contributed by atoms with Crippen molar-refractivity contribution in [2.24, 2.45) is 0 Å². The quantitative estimate of drug-likeness (QED) is 0.734. The summed E-state index contributed by atoms with van der Waals surface area (Å²) in [7, 11) is 0. The predicted octanol–water partition coefficient (Wildman–Crippen LogP) is 2.41. The summed E-state index contributed by atoms with van der Waals surface area (Å²) in [5.74, 6) is -0.274. The third-order valence-electron chi connectivity index (χ3n) is 2.73. The predicted molar refractivity (Wildman–Crippen MR) is 60.3 cm³/mol. The fourth-order valence-electron chi connectivity index (χ4n) is 1.83. The largest absolute Gasteiger partial charge is 0.459 e. The molecule has 1 saturated heterocycles. The Morgan fingerprint density at radius 2 is 2.12 bits per heavy atom. The highest BCUT2D eigenvalue weighted by molar-refractivity contribution is 5.89. The van der Waals surface area contributed by atoms with E-state index in [1.807, 2.05) is 25.1 Å². The maximum absolute atomic E-state index is 11.6. The maximum Gasteiger partial charge on any atom is 0.338 e. The van der Waals surface area contributed by atoms with Gasteiger partial charge in [0, 0.05) is 0 Å². The second-order valence-electron chi connectivity index (χ2n) is 4.11. The van der Waals surface area contributed by atoms with Gasteiger partial charge in [-0.3, -0.25) is 0 Å². The van der Waals surface area contributed by atoms with Gasteiger partial charge in [-0.1, -0.05) is 18.2 Å². The van der Waals surface area contributed by atoms with E-state index in [-0.39, 0.29) is 12.1 Å². The molecule has 0 bridgehead atoms. The van der Waals surface area contributed by atoms with Crippen LogP contribution in [0.15, 0.2) is 30.3 Å². The molecule has 1 aliphatic heterocycles. The van der Waals surface area contributed by atoms with Crippen LogP contribution in [0.1, 0.15) is 30.1 Å². The Morgan fingerprint density at radius 3 is 2.75 bits per heavy atom. The molecule has 0 amide bonds. The molecule has 1 aromatic rings. The van der Waals surface area contributed by atoms with E-state index in [1.54, 1.807) is 12.1 Å². The summed E-state index contributed by atoms with van der Waals surface area (Å²) < 4.78 is 10.8. The van der Waals surface area contributed by atoms with E-state index in [0.717, 1.165) is 12.8 Å². The summed E-state index contributed by atoms with van der Waals surface area (Å²) in [4.78, 5) is 11.6. The van der Waals surface area contributed by atoms with Gasteiger partial charge in [0.1, 0.15) is 6.61 Å². The lowest BCUT2D eigenvalue weighted by molar-refractivity contribution is -0.00265. The van der Waals surface area contributed by atoms with Gasteiger partial charge < -0.3 is 9.47 Å². The molecule has 1 aliphatic rings. The van der Waals surface area contributed by atoms with Crippen LogP contribution in [0.4, 0.5) is 0 Å². The Bertz CT molecular complexity index is 347. The van der Waals surface area contributed by atoms with Gasteiger partial charge in [-0.15, -0.1) is 0 Å². The first-order valence-electron chi connectivity index (χ1n) is 5.63. The van der Waals surface area contributed by atoms with Crippen molar-refractivity contribution in [3.8, 4) is 0 Å². The van der Waals surface area contributed by atoms with Crippen molar-refractivity contribution in [1.29, 1.82) is 0 Å². The first-order valence-corrected chi connectivity index (χ1v) is 5.63. The van der Waals surface area contributed by atoms with Crippen LogP contribution in [0.3, 0.4) is 0 Å². The molecule has 3 nitrogen and oxygen atoms in total. The number of esters is 1. The first kappa shape index (κ1) is 11.1. The van der Waals surface area contributed by atoms with Crippen LogP contribution in [-0.2, 0) is 9.47 Å². The zero-order chi connectivity index (χ0) is 11.4. The van der Waals surface area contributed by atoms with Crippen LogP contribution in [0.25, 0.3) is 0 Å². The SMILES string of the molecule is CC1CC[C@@H](COC(=O)c2ccccc2)O1. The molecule has 0 aromatic heterocycles. The molecule has 86 valence electrons. The number of carbonyl (C=O) groups is 1. The lowest BCUT2D eigenvalue weighted by Gasteiger charge is -2.11. The van der Waals surface area contributed by atoms with Crippen molar-refractivity contribution in [1.82, 2.24) is 0 Å². The second kappa shape index (κ2) is 5.12. The Labute approximate surface area is 95.4 Å². The zero-order valence-electron chi connectivity index (χ0n) is 9.39. The van der Waals surface area contributed by atoms with E-state index < -0.39 is 0 Å². The van der Waals surface area contributed by atoms with Gasteiger partial charge in [0.25, 0.3) is 0 Å². The van der Waals surface area contributed by atoms with E-state index in [4.69, 9.17) is 9.47 Å². The minimum Gasteiger partial charge on any atom is -0.459 e. The van der Waals surface area contributed by atoms with Gasteiger partial charge in [0.2, 0.25) is 0 Å². The smallest absolute Gasteiger partial charge is 0.338 e. The summed E-state index contributed by atoms with van der Waals surface area (Å²) in [5.41, 5.74) is 0.591. The van der Waals surface area contributed by atoms with Crippen LogP contribution in [0.2, 0.25) is 0 Å². The van der Waals surface area contributed by atoms with Crippen molar-refractivity contribution in [3.05, 3.63) is 35.9 Å². The highest BCUT2D eigenvalue weighted by Gasteiger charge is 2.23. The van der Waals surface area contributed by atoms with Crippen LogP contribution in [0.5, 0.6) is 0 Å². The van der Waals surface area contributed by atoms with E-state index in [9.17, 15) is 4.79 Å². The van der Waals surface area contributed by atoms with Gasteiger partial charge in [0.15, 0.2) is 0 Å². The number of rotatable bonds is 3. The fraction of sp³-hybridized carbons (Fsp3) is 0.462. The molecule has 1 fully saturated rings. The van der Waals surface area contributed by atoms with Crippen LogP contribution < -0.4 is 0 Å². The highest BCUT2D eigenvalue weighted by atomic mass is 16.6. The van der Waals surface area contributed by atoms with Gasteiger partial charge in [-0.2, -0.15) is 0 Å². The van der Waals surface area contributed by atoms with Crippen LogP contribution in [-0.4, -0.2) is 24.8 Å². The van der Waals surface area contributed by atoms with E-state index in [0.29, 0.717) is 18.3 Å². The number of ether oxygens (including phenoxy) is 2. The van der Waals surface area contributed by atoms with Gasteiger partial charge >= 0.3 is 5.97 Å². The van der Waals surface area contributed by atoms with Crippen molar-refractivity contribution < 1.29 is 14.3 Å². The molecule has 0 N–H and O–H groups in total. The second-order valence-corrected chi connectivity index (χ2v) is 4.11. The molecule has 3 heteroatoms. The minimum atomic E-state index is -0.274. The van der Waals surface area contributed by atoms with Crippen molar-refractivity contribution in [3.63, 3.8) is 0 Å². The number of carbonyl (C=O) groups excluding carboxylic acids is 1. The zero-order valence-corrected chi connectivity index (χ0v) is 9.39. The fourth-order valence-corrected chi connectivity index (χ4v) is 1.83. The minimum absolute atomic E-state index is 0.0719. The molecule has 0 radical (unpaired) electrons. The molecule has 1 heterocycles. The number of hydrogen-bond donors (Lipinski definition) is 0. The molecule has 1 aromatic carbocycles. The average Bonchev–Trinajstić information content (AvgIpc) is 2.73. The first-order chi connectivity index (χ1) is 7.75. The van der Waals surface area contributed by atoms with Gasteiger partial charge in [0.05, 0.1) is 17.8 Å². The maximum atomic E-state index is 11.6. The van der Waals surface area contributed by atoms with Crippen molar-refractivity contribution >= 4 is 5.97 Å². The normalized spacial score (nSPS) is 24.3. The molecule has 2 rings (SSSR count). The number of hydrogen-bond acceptors (Lipinski definition) is 3.